The number of amides is 1. The first kappa shape index (κ1) is 15.3. The molecule has 5 nitrogen and oxygen atoms in total. The Balaban J connectivity index is 2.46. The molecule has 19 heavy (non-hydrogen) atoms. The fraction of sp³-hybridized carbons (Fsp3) is 0.571. The van der Waals surface area contributed by atoms with Gasteiger partial charge in [0.05, 0.1) is 24.9 Å². The highest BCUT2D eigenvalue weighted by Crippen LogP contribution is 2.15. The summed E-state index contributed by atoms with van der Waals surface area (Å²) in [6.45, 7) is 7.60. The average molecular weight is 263 g/mol. The lowest BCUT2D eigenvalue weighted by atomic mass is 9.90. The predicted octanol–water partition coefficient (Wildman–Crippen LogP) is 1.98. The maximum Gasteiger partial charge on any atom is 0.235 e. The maximum absolute atomic E-state index is 11.8. The van der Waals surface area contributed by atoms with Crippen molar-refractivity contribution in [3.63, 3.8) is 0 Å². The summed E-state index contributed by atoms with van der Waals surface area (Å²) in [6.07, 6.45) is 1.60. The van der Waals surface area contributed by atoms with Gasteiger partial charge in [0.1, 0.15) is 11.3 Å². The van der Waals surface area contributed by atoms with Crippen LogP contribution in [0.5, 0.6) is 0 Å². The number of carbonyl (C=O) groups excluding carboxylic acids is 1. The lowest BCUT2D eigenvalue weighted by molar-refractivity contribution is -0.122. The van der Waals surface area contributed by atoms with Crippen molar-refractivity contribution in [1.29, 1.82) is 5.26 Å². The Kier molecular flexibility index (Phi) is 5.13. The van der Waals surface area contributed by atoms with Crippen LogP contribution in [0.1, 0.15) is 39.5 Å². The van der Waals surface area contributed by atoms with Crippen LogP contribution in [0.3, 0.4) is 0 Å². The standard InChI is InChI=1S/C14H21N3O2/c1-10(2)14(4,9-15)17-13(18)8-16-11(3)12-6-5-7-19-12/h5-7,10-11,16H,8H2,1-4H3,(H,17,18)/t11-,14+/m0/s1. The number of nitrogens with one attached hydrogen (secondary N) is 2. The molecule has 0 aliphatic carbocycles. The Morgan fingerprint density at radius 3 is 2.68 bits per heavy atom. The highest BCUT2D eigenvalue weighted by molar-refractivity contribution is 5.79. The molecule has 0 aliphatic heterocycles. The van der Waals surface area contributed by atoms with Gasteiger partial charge < -0.3 is 9.73 Å². The molecule has 104 valence electrons. The molecule has 0 fully saturated rings. The molecule has 0 saturated heterocycles. The molecule has 5 heteroatoms. The van der Waals surface area contributed by atoms with E-state index in [1.54, 1.807) is 19.3 Å². The van der Waals surface area contributed by atoms with Gasteiger partial charge in [-0.25, -0.2) is 0 Å². The zero-order valence-electron chi connectivity index (χ0n) is 11.9. The molecule has 2 N–H and O–H groups in total. The monoisotopic (exact) mass is 263 g/mol. The maximum atomic E-state index is 11.8. The minimum Gasteiger partial charge on any atom is -0.468 e. The molecule has 0 aliphatic rings. The van der Waals surface area contributed by atoms with Gasteiger partial charge in [-0.3, -0.25) is 10.1 Å². The number of hydrogen-bond acceptors (Lipinski definition) is 4. The molecule has 1 amide bonds. The molecule has 1 aromatic heterocycles. The average Bonchev–Trinajstić information content (AvgIpc) is 2.89. The normalized spacial score (nSPS) is 15.6. The van der Waals surface area contributed by atoms with E-state index < -0.39 is 5.54 Å². The molecule has 1 rings (SSSR count). The molecular weight excluding hydrogens is 242 g/mol. The third-order valence-electron chi connectivity index (χ3n) is 3.32. The second kappa shape index (κ2) is 6.39. The number of carbonyl (C=O) groups is 1. The fourth-order valence-corrected chi connectivity index (χ4v) is 1.52. The first-order chi connectivity index (χ1) is 8.89. The molecule has 2 atom stereocenters. The van der Waals surface area contributed by atoms with E-state index in [1.807, 2.05) is 26.8 Å². The van der Waals surface area contributed by atoms with Gasteiger partial charge in [-0.05, 0) is 31.9 Å². The van der Waals surface area contributed by atoms with E-state index in [4.69, 9.17) is 9.68 Å². The summed E-state index contributed by atoms with van der Waals surface area (Å²) < 4.78 is 5.24. The van der Waals surface area contributed by atoms with Crippen LogP contribution in [-0.2, 0) is 4.79 Å². The molecule has 0 bridgehead atoms. The summed E-state index contributed by atoms with van der Waals surface area (Å²) in [7, 11) is 0. The molecule has 0 unspecified atom stereocenters. The molecule has 0 radical (unpaired) electrons. The Morgan fingerprint density at radius 2 is 2.21 bits per heavy atom. The van der Waals surface area contributed by atoms with Crippen molar-refractivity contribution in [1.82, 2.24) is 10.6 Å². The van der Waals surface area contributed by atoms with Crippen molar-refractivity contribution < 1.29 is 9.21 Å². The first-order valence-electron chi connectivity index (χ1n) is 6.38. The van der Waals surface area contributed by atoms with Crippen LogP contribution in [-0.4, -0.2) is 18.0 Å². The van der Waals surface area contributed by atoms with Crippen LogP contribution in [0.25, 0.3) is 0 Å². The lowest BCUT2D eigenvalue weighted by Crippen LogP contribution is -2.51. The van der Waals surface area contributed by atoms with Gasteiger partial charge in [0, 0.05) is 0 Å². The summed E-state index contributed by atoms with van der Waals surface area (Å²) in [4.78, 5) is 11.8. The minimum absolute atomic E-state index is 0.0453. The Labute approximate surface area is 114 Å². The number of nitriles is 1. The third kappa shape index (κ3) is 4.11. The zero-order valence-corrected chi connectivity index (χ0v) is 11.9. The van der Waals surface area contributed by atoms with Gasteiger partial charge in [-0.2, -0.15) is 5.26 Å². The minimum atomic E-state index is -0.841. The third-order valence-corrected chi connectivity index (χ3v) is 3.32. The predicted molar refractivity (Wildman–Crippen MR) is 72.1 cm³/mol. The van der Waals surface area contributed by atoms with Crippen LogP contribution in [0.2, 0.25) is 0 Å². The van der Waals surface area contributed by atoms with Crippen LogP contribution < -0.4 is 10.6 Å². The summed E-state index contributed by atoms with van der Waals surface area (Å²) in [5.41, 5.74) is -0.841. The summed E-state index contributed by atoms with van der Waals surface area (Å²) >= 11 is 0. The van der Waals surface area contributed by atoms with E-state index in [-0.39, 0.29) is 24.4 Å². The number of hydrogen-bond donors (Lipinski definition) is 2. The van der Waals surface area contributed by atoms with E-state index in [9.17, 15) is 4.79 Å². The molecule has 0 aromatic carbocycles. The number of nitrogens with zero attached hydrogens (tertiary/aromatic N) is 1. The highest BCUT2D eigenvalue weighted by Gasteiger charge is 2.29. The number of furan rings is 1. The van der Waals surface area contributed by atoms with Crippen molar-refractivity contribution in [3.05, 3.63) is 24.2 Å². The topological polar surface area (TPSA) is 78.1 Å². The van der Waals surface area contributed by atoms with E-state index in [0.717, 1.165) is 5.76 Å². The number of rotatable bonds is 6. The van der Waals surface area contributed by atoms with Crippen LogP contribution >= 0.6 is 0 Å². The Bertz CT molecular complexity index is 448. The molecule has 0 spiro atoms. The van der Waals surface area contributed by atoms with Crippen molar-refractivity contribution in [2.24, 2.45) is 5.92 Å². The second-order valence-electron chi connectivity index (χ2n) is 5.14. The van der Waals surface area contributed by atoms with E-state index in [2.05, 4.69) is 16.7 Å². The van der Waals surface area contributed by atoms with Gasteiger partial charge in [0.2, 0.25) is 5.91 Å². The van der Waals surface area contributed by atoms with Gasteiger partial charge in [0.15, 0.2) is 0 Å². The second-order valence-corrected chi connectivity index (χ2v) is 5.14. The molecule has 1 aromatic rings. The summed E-state index contributed by atoms with van der Waals surface area (Å²) in [6, 6.07) is 5.75. The van der Waals surface area contributed by atoms with Crippen LogP contribution in [0, 0.1) is 17.2 Å². The van der Waals surface area contributed by atoms with E-state index in [0.29, 0.717) is 0 Å². The quantitative estimate of drug-likeness (QED) is 0.822. The molecule has 1 heterocycles. The van der Waals surface area contributed by atoms with E-state index >= 15 is 0 Å². The first-order valence-corrected chi connectivity index (χ1v) is 6.38. The molecule has 0 saturated carbocycles. The van der Waals surface area contributed by atoms with Gasteiger partial charge >= 0.3 is 0 Å². The molecular formula is C14H21N3O2. The van der Waals surface area contributed by atoms with Crippen LogP contribution in [0.4, 0.5) is 0 Å². The van der Waals surface area contributed by atoms with Gasteiger partial charge in [0.25, 0.3) is 0 Å². The van der Waals surface area contributed by atoms with Crippen molar-refractivity contribution in [2.45, 2.75) is 39.3 Å². The summed E-state index contributed by atoms with van der Waals surface area (Å²) in [5.74, 6) is 0.625. The van der Waals surface area contributed by atoms with E-state index in [1.165, 1.54) is 0 Å². The van der Waals surface area contributed by atoms with Gasteiger partial charge in [-0.15, -0.1) is 0 Å². The lowest BCUT2D eigenvalue weighted by Gasteiger charge is -2.27. The van der Waals surface area contributed by atoms with Crippen molar-refractivity contribution in [2.75, 3.05) is 6.54 Å². The SMILES string of the molecule is CC(C)[C@@](C)(C#N)NC(=O)CN[C@@H](C)c1ccco1. The van der Waals surface area contributed by atoms with Crippen molar-refractivity contribution in [3.8, 4) is 6.07 Å². The zero-order chi connectivity index (χ0) is 14.5. The van der Waals surface area contributed by atoms with Crippen LogP contribution in [0.15, 0.2) is 22.8 Å². The Hall–Kier alpha value is -1.80. The van der Waals surface area contributed by atoms with Crippen molar-refractivity contribution >= 4 is 5.91 Å². The fourth-order valence-electron chi connectivity index (χ4n) is 1.52. The Morgan fingerprint density at radius 1 is 1.53 bits per heavy atom. The summed E-state index contributed by atoms with van der Waals surface area (Å²) in [5, 5.41) is 14.9. The largest absolute Gasteiger partial charge is 0.468 e. The highest BCUT2D eigenvalue weighted by atomic mass is 16.3. The van der Waals surface area contributed by atoms with Gasteiger partial charge in [-0.1, -0.05) is 13.8 Å². The smallest absolute Gasteiger partial charge is 0.235 e.